The Kier molecular flexibility index (Phi) is 7.33. The third kappa shape index (κ3) is 5.80. The van der Waals surface area contributed by atoms with Gasteiger partial charge in [-0.1, -0.05) is 33.6 Å². The summed E-state index contributed by atoms with van der Waals surface area (Å²) in [7, 11) is 0. The fourth-order valence-corrected chi connectivity index (χ4v) is 3.20. The van der Waals surface area contributed by atoms with Gasteiger partial charge >= 0.3 is 0 Å². The molecular formula is C16H34N2O. The molecule has 0 aromatic carbocycles. The second-order valence-electron chi connectivity index (χ2n) is 6.83. The molecule has 0 amide bonds. The first-order valence-corrected chi connectivity index (χ1v) is 8.10. The topological polar surface area (TPSA) is 35.5 Å². The van der Waals surface area contributed by atoms with Crippen LogP contribution in [0, 0.1) is 5.92 Å². The van der Waals surface area contributed by atoms with E-state index in [-0.39, 0.29) is 12.1 Å². The van der Waals surface area contributed by atoms with Crippen molar-refractivity contribution in [3.8, 4) is 0 Å². The van der Waals surface area contributed by atoms with E-state index >= 15 is 0 Å². The van der Waals surface area contributed by atoms with Crippen molar-refractivity contribution in [2.24, 2.45) is 5.92 Å². The molecule has 1 aliphatic rings. The van der Waals surface area contributed by atoms with Crippen molar-refractivity contribution < 1.29 is 5.11 Å². The van der Waals surface area contributed by atoms with Crippen LogP contribution in [-0.2, 0) is 0 Å². The van der Waals surface area contributed by atoms with Crippen LogP contribution in [0.1, 0.15) is 59.8 Å². The molecule has 0 saturated heterocycles. The maximum absolute atomic E-state index is 9.60. The number of nitrogens with zero attached hydrogens (tertiary/aromatic N) is 1. The monoisotopic (exact) mass is 270 g/mol. The molecule has 114 valence electrons. The molecule has 3 nitrogen and oxygen atoms in total. The van der Waals surface area contributed by atoms with Gasteiger partial charge < -0.3 is 15.3 Å². The summed E-state index contributed by atoms with van der Waals surface area (Å²) in [5.74, 6) is 0.722. The van der Waals surface area contributed by atoms with E-state index < -0.39 is 0 Å². The van der Waals surface area contributed by atoms with Crippen molar-refractivity contribution in [2.45, 2.75) is 71.4 Å². The van der Waals surface area contributed by atoms with Crippen molar-refractivity contribution in [1.29, 1.82) is 0 Å². The van der Waals surface area contributed by atoms with Gasteiger partial charge in [-0.05, 0) is 38.6 Å². The lowest BCUT2D eigenvalue weighted by Crippen LogP contribution is -2.49. The minimum atomic E-state index is -0.122. The Morgan fingerprint density at radius 1 is 1.32 bits per heavy atom. The molecule has 0 aromatic rings. The number of aliphatic hydroxyl groups excluding tert-OH is 1. The number of hydrogen-bond acceptors (Lipinski definition) is 3. The van der Waals surface area contributed by atoms with Crippen LogP contribution in [0.2, 0.25) is 0 Å². The van der Waals surface area contributed by atoms with E-state index in [1.165, 1.54) is 32.2 Å². The first kappa shape index (κ1) is 16.9. The zero-order valence-electron chi connectivity index (χ0n) is 13.4. The van der Waals surface area contributed by atoms with Crippen LogP contribution < -0.4 is 5.32 Å². The third-order valence-electron chi connectivity index (χ3n) is 4.34. The lowest BCUT2D eigenvalue weighted by Gasteiger charge is -2.35. The highest BCUT2D eigenvalue weighted by Gasteiger charge is 2.27. The molecule has 0 aliphatic heterocycles. The highest BCUT2D eigenvalue weighted by atomic mass is 16.3. The highest BCUT2D eigenvalue weighted by Crippen LogP contribution is 2.25. The Labute approximate surface area is 119 Å². The molecule has 1 atom stereocenters. The van der Waals surface area contributed by atoms with Crippen molar-refractivity contribution in [1.82, 2.24) is 10.2 Å². The third-order valence-corrected chi connectivity index (χ3v) is 4.34. The first-order valence-electron chi connectivity index (χ1n) is 8.10. The molecular weight excluding hydrogens is 236 g/mol. The van der Waals surface area contributed by atoms with Crippen molar-refractivity contribution in [3.05, 3.63) is 0 Å². The van der Waals surface area contributed by atoms with Crippen LogP contribution in [0.3, 0.4) is 0 Å². The summed E-state index contributed by atoms with van der Waals surface area (Å²) in [5.41, 5.74) is -0.122. The molecule has 0 radical (unpaired) electrons. The number of nitrogens with one attached hydrogen (secondary N) is 1. The standard InChI is InChI=1S/C16H34N2O/c1-5-17-16(4,13-19)10-11-18(12-14(2)3)15-8-6-7-9-15/h14-15,17,19H,5-13H2,1-4H3. The Balaban J connectivity index is 2.51. The lowest BCUT2D eigenvalue weighted by molar-refractivity contribution is 0.122. The van der Waals surface area contributed by atoms with Crippen LogP contribution in [-0.4, -0.2) is 47.8 Å². The van der Waals surface area contributed by atoms with Gasteiger partial charge in [0.1, 0.15) is 0 Å². The fraction of sp³-hybridized carbons (Fsp3) is 1.00. The summed E-state index contributed by atoms with van der Waals surface area (Å²) in [6.07, 6.45) is 6.54. The van der Waals surface area contributed by atoms with Crippen LogP contribution in [0.4, 0.5) is 0 Å². The van der Waals surface area contributed by atoms with Gasteiger partial charge in [0.25, 0.3) is 0 Å². The molecule has 0 bridgehead atoms. The normalized spacial score (nSPS) is 20.4. The van der Waals surface area contributed by atoms with Crippen molar-refractivity contribution in [2.75, 3.05) is 26.2 Å². The van der Waals surface area contributed by atoms with Crippen molar-refractivity contribution >= 4 is 0 Å². The van der Waals surface area contributed by atoms with E-state index in [0.717, 1.165) is 31.5 Å². The number of likely N-dealkylation sites (N-methyl/N-ethyl adjacent to an activating group) is 1. The number of aliphatic hydroxyl groups is 1. The fourth-order valence-electron chi connectivity index (χ4n) is 3.20. The summed E-state index contributed by atoms with van der Waals surface area (Å²) < 4.78 is 0. The van der Waals surface area contributed by atoms with E-state index in [9.17, 15) is 5.11 Å². The minimum absolute atomic E-state index is 0.122. The van der Waals surface area contributed by atoms with Gasteiger partial charge in [-0.25, -0.2) is 0 Å². The summed E-state index contributed by atoms with van der Waals surface area (Å²) in [4.78, 5) is 2.67. The van der Waals surface area contributed by atoms with Gasteiger partial charge in [0.2, 0.25) is 0 Å². The predicted octanol–water partition coefficient (Wildman–Crippen LogP) is 2.64. The molecule has 1 saturated carbocycles. The molecule has 1 aliphatic carbocycles. The number of rotatable bonds is 9. The van der Waals surface area contributed by atoms with E-state index in [4.69, 9.17) is 0 Å². The zero-order chi connectivity index (χ0) is 14.3. The largest absolute Gasteiger partial charge is 0.394 e. The van der Waals surface area contributed by atoms with E-state index in [0.29, 0.717) is 0 Å². The predicted molar refractivity (Wildman–Crippen MR) is 82.5 cm³/mol. The maximum atomic E-state index is 9.60. The van der Waals surface area contributed by atoms with E-state index in [1.807, 2.05) is 0 Å². The van der Waals surface area contributed by atoms with Gasteiger partial charge in [0.15, 0.2) is 0 Å². The van der Waals surface area contributed by atoms with E-state index in [2.05, 4.69) is 37.9 Å². The molecule has 19 heavy (non-hydrogen) atoms. The summed E-state index contributed by atoms with van der Waals surface area (Å²) in [6, 6.07) is 0.784. The molecule has 1 rings (SSSR count). The maximum Gasteiger partial charge on any atom is 0.0611 e. The summed E-state index contributed by atoms with van der Waals surface area (Å²) >= 11 is 0. The molecule has 1 fully saturated rings. The van der Waals surface area contributed by atoms with Gasteiger partial charge in [-0.3, -0.25) is 0 Å². The quantitative estimate of drug-likeness (QED) is 0.676. The first-order chi connectivity index (χ1) is 9.00. The average Bonchev–Trinajstić information content (AvgIpc) is 2.88. The summed E-state index contributed by atoms with van der Waals surface area (Å²) in [6.45, 7) is 12.3. The van der Waals surface area contributed by atoms with Crippen molar-refractivity contribution in [3.63, 3.8) is 0 Å². The van der Waals surface area contributed by atoms with Gasteiger partial charge in [-0.2, -0.15) is 0 Å². The molecule has 0 spiro atoms. The average molecular weight is 270 g/mol. The second kappa shape index (κ2) is 8.23. The van der Waals surface area contributed by atoms with Gasteiger partial charge in [0.05, 0.1) is 6.61 Å². The molecule has 0 aromatic heterocycles. The molecule has 2 N–H and O–H groups in total. The van der Waals surface area contributed by atoms with Gasteiger partial charge in [0, 0.05) is 24.7 Å². The second-order valence-corrected chi connectivity index (χ2v) is 6.83. The highest BCUT2D eigenvalue weighted by molar-refractivity contribution is 4.85. The Morgan fingerprint density at radius 2 is 1.95 bits per heavy atom. The zero-order valence-corrected chi connectivity index (χ0v) is 13.4. The smallest absolute Gasteiger partial charge is 0.0611 e. The Bertz CT molecular complexity index is 239. The van der Waals surface area contributed by atoms with Crippen LogP contribution in [0.5, 0.6) is 0 Å². The minimum Gasteiger partial charge on any atom is -0.394 e. The van der Waals surface area contributed by atoms with Crippen LogP contribution >= 0.6 is 0 Å². The Morgan fingerprint density at radius 3 is 2.42 bits per heavy atom. The van der Waals surface area contributed by atoms with Crippen LogP contribution in [0.25, 0.3) is 0 Å². The molecule has 3 heteroatoms. The number of hydrogen-bond donors (Lipinski definition) is 2. The van der Waals surface area contributed by atoms with Crippen LogP contribution in [0.15, 0.2) is 0 Å². The Hall–Kier alpha value is -0.120. The van der Waals surface area contributed by atoms with E-state index in [1.54, 1.807) is 0 Å². The molecule has 1 unspecified atom stereocenters. The lowest BCUT2D eigenvalue weighted by atomic mass is 9.97. The SMILES string of the molecule is CCNC(C)(CO)CCN(CC(C)C)C1CCCC1. The van der Waals surface area contributed by atoms with Gasteiger partial charge in [-0.15, -0.1) is 0 Å². The summed E-state index contributed by atoms with van der Waals surface area (Å²) in [5, 5.41) is 13.0. The molecule has 0 heterocycles.